The van der Waals surface area contributed by atoms with Crippen LogP contribution in [0.4, 0.5) is 4.39 Å². The molecule has 1 unspecified atom stereocenters. The van der Waals surface area contributed by atoms with Crippen LogP contribution in [0, 0.1) is 12.7 Å². The van der Waals surface area contributed by atoms with Gasteiger partial charge in [-0.2, -0.15) is 0 Å². The van der Waals surface area contributed by atoms with E-state index >= 15 is 0 Å². The third kappa shape index (κ3) is 4.84. The summed E-state index contributed by atoms with van der Waals surface area (Å²) in [5, 5.41) is 2.66. The van der Waals surface area contributed by atoms with E-state index < -0.39 is 5.37 Å². The van der Waals surface area contributed by atoms with Crippen LogP contribution >= 0.6 is 23.1 Å². The topological polar surface area (TPSA) is 56.8 Å². The molecule has 30 heavy (non-hydrogen) atoms. The number of carbonyl (C=O) groups is 2. The molecular formula is C21H25FN4O2S2. The summed E-state index contributed by atoms with van der Waals surface area (Å²) in [4.78, 5) is 36.5. The van der Waals surface area contributed by atoms with Gasteiger partial charge in [0, 0.05) is 56.0 Å². The van der Waals surface area contributed by atoms with Crippen molar-refractivity contribution >= 4 is 34.9 Å². The number of nitrogens with zero attached hydrogens (tertiary/aromatic N) is 4. The van der Waals surface area contributed by atoms with Crippen LogP contribution in [0.3, 0.4) is 0 Å². The molecule has 6 nitrogen and oxygen atoms in total. The molecule has 0 spiro atoms. The van der Waals surface area contributed by atoms with Crippen molar-refractivity contribution in [3.63, 3.8) is 0 Å². The van der Waals surface area contributed by atoms with Gasteiger partial charge in [-0.1, -0.05) is 0 Å². The highest BCUT2D eigenvalue weighted by Crippen LogP contribution is 2.28. The number of hydrogen-bond donors (Lipinski definition) is 0. The van der Waals surface area contributed by atoms with Gasteiger partial charge in [0.05, 0.1) is 10.7 Å². The average molecular weight is 449 g/mol. The van der Waals surface area contributed by atoms with E-state index in [0.717, 1.165) is 42.5 Å². The summed E-state index contributed by atoms with van der Waals surface area (Å²) in [6.45, 7) is 6.41. The quantitative estimate of drug-likeness (QED) is 0.720. The Morgan fingerprint density at radius 2 is 1.93 bits per heavy atom. The van der Waals surface area contributed by atoms with E-state index in [1.54, 1.807) is 16.2 Å². The minimum absolute atomic E-state index is 0.000635. The van der Waals surface area contributed by atoms with Gasteiger partial charge < -0.3 is 9.80 Å². The Morgan fingerprint density at radius 3 is 2.67 bits per heavy atom. The number of aromatic nitrogens is 1. The highest BCUT2D eigenvalue weighted by Gasteiger charge is 2.38. The lowest BCUT2D eigenvalue weighted by Crippen LogP contribution is -2.47. The lowest BCUT2D eigenvalue weighted by Gasteiger charge is -2.29. The van der Waals surface area contributed by atoms with Crippen LogP contribution < -0.4 is 0 Å². The van der Waals surface area contributed by atoms with Gasteiger partial charge in [0.25, 0.3) is 11.8 Å². The van der Waals surface area contributed by atoms with Gasteiger partial charge in [0.1, 0.15) is 5.82 Å². The number of thioether (sulfide) groups is 1. The van der Waals surface area contributed by atoms with Crippen LogP contribution in [0.5, 0.6) is 0 Å². The smallest absolute Gasteiger partial charge is 0.255 e. The van der Waals surface area contributed by atoms with Gasteiger partial charge in [-0.05, 0) is 37.6 Å². The zero-order valence-corrected chi connectivity index (χ0v) is 18.6. The monoisotopic (exact) mass is 448 g/mol. The predicted octanol–water partition coefficient (Wildman–Crippen LogP) is 2.84. The molecule has 1 atom stereocenters. The zero-order chi connectivity index (χ0) is 21.1. The summed E-state index contributed by atoms with van der Waals surface area (Å²) in [6.07, 6.45) is 0.901. The van der Waals surface area contributed by atoms with E-state index in [1.165, 1.54) is 36.0 Å². The summed E-state index contributed by atoms with van der Waals surface area (Å²) in [5.41, 5.74) is 1.50. The van der Waals surface area contributed by atoms with Crippen molar-refractivity contribution in [3.05, 3.63) is 51.7 Å². The number of halogens is 1. The number of carbonyl (C=O) groups excluding carboxylic acids is 2. The molecule has 2 saturated heterocycles. The molecule has 2 aliphatic rings. The molecule has 0 aliphatic carbocycles. The van der Waals surface area contributed by atoms with Crippen LogP contribution in [0.15, 0.2) is 29.6 Å². The van der Waals surface area contributed by atoms with E-state index in [0.29, 0.717) is 25.2 Å². The third-order valence-electron chi connectivity index (χ3n) is 5.41. The Kier molecular flexibility index (Phi) is 6.70. The van der Waals surface area contributed by atoms with Gasteiger partial charge in [-0.3, -0.25) is 14.5 Å². The van der Waals surface area contributed by atoms with Crippen molar-refractivity contribution in [1.82, 2.24) is 19.7 Å². The molecule has 0 bridgehead atoms. The van der Waals surface area contributed by atoms with Crippen LogP contribution in [-0.2, 0) is 11.3 Å². The number of aryl methyl sites for hydroxylation is 1. The summed E-state index contributed by atoms with van der Waals surface area (Å²) in [6, 6.07) is 5.51. The first-order chi connectivity index (χ1) is 14.5. The lowest BCUT2D eigenvalue weighted by atomic mass is 10.2. The Labute approximate surface area is 184 Å². The molecule has 0 radical (unpaired) electrons. The maximum Gasteiger partial charge on any atom is 0.255 e. The van der Waals surface area contributed by atoms with E-state index in [9.17, 15) is 14.0 Å². The number of hydrogen-bond acceptors (Lipinski definition) is 6. The molecule has 0 N–H and O–H groups in total. The molecular weight excluding hydrogens is 423 g/mol. The average Bonchev–Trinajstić information content (AvgIpc) is 3.32. The summed E-state index contributed by atoms with van der Waals surface area (Å²) in [7, 11) is 0. The Hall–Kier alpha value is -1.97. The first-order valence-electron chi connectivity index (χ1n) is 10.1. The molecule has 2 aliphatic heterocycles. The minimum atomic E-state index is -0.504. The maximum atomic E-state index is 13.2. The largest absolute Gasteiger partial charge is 0.339 e. The van der Waals surface area contributed by atoms with Crippen molar-refractivity contribution in [2.45, 2.75) is 25.3 Å². The van der Waals surface area contributed by atoms with Gasteiger partial charge in [0.2, 0.25) is 0 Å². The molecule has 160 valence electrons. The SMILES string of the molecule is Cc1nc(CN2CCCN(C(=O)C3SCCN3C(=O)c3ccc(F)cc3)CC2)cs1. The van der Waals surface area contributed by atoms with E-state index in [2.05, 4.69) is 15.3 Å². The summed E-state index contributed by atoms with van der Waals surface area (Å²) in [5.74, 6) is 0.136. The molecule has 9 heteroatoms. The Morgan fingerprint density at radius 1 is 1.13 bits per heavy atom. The van der Waals surface area contributed by atoms with Crippen molar-refractivity contribution in [2.24, 2.45) is 0 Å². The molecule has 1 aromatic heterocycles. The number of thiazole rings is 1. The van der Waals surface area contributed by atoms with E-state index in [4.69, 9.17) is 0 Å². The predicted molar refractivity (Wildman–Crippen MR) is 117 cm³/mol. The number of benzene rings is 1. The van der Waals surface area contributed by atoms with Crippen molar-refractivity contribution in [2.75, 3.05) is 38.5 Å². The zero-order valence-electron chi connectivity index (χ0n) is 16.9. The fraction of sp³-hybridized carbons (Fsp3) is 0.476. The molecule has 2 amide bonds. The molecule has 1 aromatic carbocycles. The second-order valence-electron chi connectivity index (χ2n) is 7.54. The van der Waals surface area contributed by atoms with Gasteiger partial charge in [-0.15, -0.1) is 23.1 Å². The minimum Gasteiger partial charge on any atom is -0.339 e. The van der Waals surface area contributed by atoms with Crippen LogP contribution in [0.2, 0.25) is 0 Å². The first-order valence-corrected chi connectivity index (χ1v) is 12.0. The second-order valence-corrected chi connectivity index (χ2v) is 9.79. The van der Waals surface area contributed by atoms with Gasteiger partial charge >= 0.3 is 0 Å². The third-order valence-corrected chi connectivity index (χ3v) is 7.42. The fourth-order valence-corrected chi connectivity index (χ4v) is 5.66. The molecule has 2 fully saturated rings. The van der Waals surface area contributed by atoms with E-state index in [1.807, 2.05) is 11.8 Å². The highest BCUT2D eigenvalue weighted by molar-refractivity contribution is 8.00. The normalized spacial score (nSPS) is 20.4. The lowest BCUT2D eigenvalue weighted by molar-refractivity contribution is -0.132. The van der Waals surface area contributed by atoms with Crippen molar-refractivity contribution in [1.29, 1.82) is 0 Å². The summed E-state index contributed by atoms with van der Waals surface area (Å²) >= 11 is 3.17. The van der Waals surface area contributed by atoms with Crippen LogP contribution in [-0.4, -0.2) is 75.3 Å². The highest BCUT2D eigenvalue weighted by atomic mass is 32.2. The molecule has 3 heterocycles. The van der Waals surface area contributed by atoms with E-state index in [-0.39, 0.29) is 17.6 Å². The maximum absolute atomic E-state index is 13.2. The first kappa shape index (κ1) is 21.3. The second kappa shape index (κ2) is 9.45. The number of amides is 2. The molecule has 4 rings (SSSR count). The molecule has 2 aromatic rings. The molecule has 0 saturated carbocycles. The standard InChI is InChI=1S/C21H25FN4O2S2/c1-15-23-18(14-30-15)13-24-7-2-8-25(10-9-24)20(28)21-26(11-12-29-21)19(27)16-3-5-17(22)6-4-16/h3-6,14,21H,2,7-13H2,1H3. The number of rotatable bonds is 4. The van der Waals surface area contributed by atoms with Crippen molar-refractivity contribution < 1.29 is 14.0 Å². The summed E-state index contributed by atoms with van der Waals surface area (Å²) < 4.78 is 13.2. The van der Waals surface area contributed by atoms with Crippen LogP contribution in [0.25, 0.3) is 0 Å². The Balaban J connectivity index is 1.38. The fourth-order valence-electron chi connectivity index (χ4n) is 3.86. The Bertz CT molecular complexity index is 905. The van der Waals surface area contributed by atoms with Gasteiger partial charge in [-0.25, -0.2) is 9.37 Å². The van der Waals surface area contributed by atoms with Gasteiger partial charge in [0.15, 0.2) is 5.37 Å². The van der Waals surface area contributed by atoms with Crippen LogP contribution in [0.1, 0.15) is 27.5 Å². The van der Waals surface area contributed by atoms with Crippen molar-refractivity contribution in [3.8, 4) is 0 Å².